The van der Waals surface area contributed by atoms with Crippen molar-refractivity contribution in [2.24, 2.45) is 0 Å². The zero-order valence-electron chi connectivity index (χ0n) is 11.8. The maximum absolute atomic E-state index is 12.1. The molecule has 0 unspecified atom stereocenters. The average Bonchev–Trinajstić information content (AvgIpc) is 3.06. The van der Waals surface area contributed by atoms with E-state index in [9.17, 15) is 9.59 Å². The minimum absolute atomic E-state index is 0.133. The van der Waals surface area contributed by atoms with Crippen LogP contribution in [0.5, 0.6) is 0 Å². The largest absolute Gasteiger partial charge is 0.444 e. The van der Waals surface area contributed by atoms with Crippen molar-refractivity contribution in [3.63, 3.8) is 0 Å². The van der Waals surface area contributed by atoms with E-state index >= 15 is 0 Å². The molecule has 2 N–H and O–H groups in total. The normalized spacial score (nSPS) is 14.0. The van der Waals surface area contributed by atoms with E-state index in [1.165, 1.54) is 47.1 Å². The third kappa shape index (κ3) is 3.41. The number of aryl methyl sites for hydroxylation is 2. The van der Waals surface area contributed by atoms with Gasteiger partial charge in [-0.25, -0.2) is 0 Å². The molecule has 0 radical (unpaired) electrons. The molecule has 0 spiro atoms. The average molecular weight is 383 g/mol. The molecule has 22 heavy (non-hydrogen) atoms. The molecule has 7 heteroatoms. The highest BCUT2D eigenvalue weighted by Crippen LogP contribution is 2.28. The van der Waals surface area contributed by atoms with Gasteiger partial charge in [-0.15, -0.1) is 11.3 Å². The highest BCUT2D eigenvalue weighted by atomic mass is 79.9. The van der Waals surface area contributed by atoms with Crippen molar-refractivity contribution in [3.8, 4) is 0 Å². The monoisotopic (exact) mass is 382 g/mol. The first-order chi connectivity index (χ1) is 10.6. The molecular formula is C15H15BrN2O3S. The Morgan fingerprint density at radius 3 is 2.64 bits per heavy atom. The number of carbonyl (C=O) groups excluding carboxylic acids is 2. The van der Waals surface area contributed by atoms with E-state index in [0.29, 0.717) is 9.55 Å². The smallest absolute Gasteiger partial charge is 0.305 e. The second-order valence-corrected chi connectivity index (χ2v) is 7.05. The predicted octanol–water partition coefficient (Wildman–Crippen LogP) is 3.45. The lowest BCUT2D eigenvalue weighted by Crippen LogP contribution is -2.41. The number of carbonyl (C=O) groups is 2. The predicted molar refractivity (Wildman–Crippen MR) is 86.9 cm³/mol. The molecule has 116 valence electrons. The molecule has 5 nitrogen and oxygen atoms in total. The minimum Gasteiger partial charge on any atom is -0.444 e. The number of halogens is 1. The van der Waals surface area contributed by atoms with Crippen molar-refractivity contribution in [2.75, 3.05) is 0 Å². The number of nitrogens with one attached hydrogen (secondary N) is 2. The molecule has 0 saturated heterocycles. The molecule has 1 aliphatic carbocycles. The highest BCUT2D eigenvalue weighted by molar-refractivity contribution is 9.10. The molecule has 0 fully saturated rings. The lowest BCUT2D eigenvalue weighted by molar-refractivity contribution is 0.0832. The maximum atomic E-state index is 12.1. The lowest BCUT2D eigenvalue weighted by Gasteiger charge is -2.04. The number of rotatable bonds is 2. The van der Waals surface area contributed by atoms with E-state index in [-0.39, 0.29) is 11.7 Å². The number of hydrazine groups is 1. The second-order valence-electron chi connectivity index (χ2n) is 5.13. The lowest BCUT2D eigenvalue weighted by atomic mass is 10.1. The molecule has 1 aliphatic rings. The van der Waals surface area contributed by atoms with Crippen LogP contribution in [-0.2, 0) is 12.8 Å². The van der Waals surface area contributed by atoms with Crippen LogP contribution in [0.15, 0.2) is 27.3 Å². The molecule has 0 saturated carbocycles. The van der Waals surface area contributed by atoms with Crippen LogP contribution in [0.2, 0.25) is 0 Å². The fourth-order valence-corrected chi connectivity index (χ4v) is 3.91. The van der Waals surface area contributed by atoms with Crippen LogP contribution >= 0.6 is 27.3 Å². The summed E-state index contributed by atoms with van der Waals surface area (Å²) in [6.45, 7) is 0. The topological polar surface area (TPSA) is 71.3 Å². The Balaban J connectivity index is 1.61. The van der Waals surface area contributed by atoms with Crippen LogP contribution in [0.25, 0.3) is 0 Å². The molecule has 0 bridgehead atoms. The van der Waals surface area contributed by atoms with Crippen molar-refractivity contribution in [1.82, 2.24) is 10.9 Å². The van der Waals surface area contributed by atoms with Gasteiger partial charge in [-0.05, 0) is 65.4 Å². The summed E-state index contributed by atoms with van der Waals surface area (Å²) in [4.78, 5) is 25.9. The molecule has 2 aromatic heterocycles. The Labute approximate surface area is 140 Å². The van der Waals surface area contributed by atoms with Gasteiger partial charge in [-0.2, -0.15) is 0 Å². The molecule has 0 aromatic carbocycles. The molecule has 2 amide bonds. The molecule has 3 rings (SSSR count). The summed E-state index contributed by atoms with van der Waals surface area (Å²) in [5, 5.41) is 0. The van der Waals surface area contributed by atoms with E-state index < -0.39 is 5.91 Å². The summed E-state index contributed by atoms with van der Waals surface area (Å²) in [5.74, 6) is -0.650. The highest BCUT2D eigenvalue weighted by Gasteiger charge is 2.17. The SMILES string of the molecule is O=C(NNC(=O)c1cc2c(s1)CCCCC2)c1ccc(Br)o1. The number of furan rings is 1. The summed E-state index contributed by atoms with van der Waals surface area (Å²) in [6, 6.07) is 5.09. The Bertz CT molecular complexity index is 684. The summed E-state index contributed by atoms with van der Waals surface area (Å²) >= 11 is 4.64. The van der Waals surface area contributed by atoms with E-state index in [1.54, 1.807) is 6.07 Å². The van der Waals surface area contributed by atoms with Gasteiger partial charge >= 0.3 is 5.91 Å². The molecule has 2 aromatic rings. The van der Waals surface area contributed by atoms with Crippen LogP contribution in [0, 0.1) is 0 Å². The minimum atomic E-state index is -0.489. The quantitative estimate of drug-likeness (QED) is 0.617. The van der Waals surface area contributed by atoms with Gasteiger partial charge in [-0.3, -0.25) is 20.4 Å². The maximum Gasteiger partial charge on any atom is 0.305 e. The second kappa shape index (κ2) is 6.66. The van der Waals surface area contributed by atoms with Crippen LogP contribution in [-0.4, -0.2) is 11.8 Å². The number of amides is 2. The third-order valence-corrected chi connectivity index (χ3v) is 5.22. The Morgan fingerprint density at radius 2 is 1.86 bits per heavy atom. The van der Waals surface area contributed by atoms with Crippen molar-refractivity contribution in [3.05, 3.63) is 43.9 Å². The Hall–Kier alpha value is -1.60. The van der Waals surface area contributed by atoms with Gasteiger partial charge in [0.2, 0.25) is 0 Å². The van der Waals surface area contributed by atoms with Gasteiger partial charge in [0.25, 0.3) is 5.91 Å². The number of hydrogen-bond acceptors (Lipinski definition) is 4. The van der Waals surface area contributed by atoms with Gasteiger partial charge in [0.1, 0.15) is 0 Å². The Kier molecular flexibility index (Phi) is 4.63. The summed E-state index contributed by atoms with van der Waals surface area (Å²) in [7, 11) is 0. The first-order valence-electron chi connectivity index (χ1n) is 7.11. The zero-order valence-corrected chi connectivity index (χ0v) is 14.2. The fraction of sp³-hybridized carbons (Fsp3) is 0.333. The summed E-state index contributed by atoms with van der Waals surface area (Å²) < 4.78 is 5.58. The summed E-state index contributed by atoms with van der Waals surface area (Å²) in [5.41, 5.74) is 6.06. The van der Waals surface area contributed by atoms with E-state index in [1.807, 2.05) is 6.07 Å². The molecular weight excluding hydrogens is 368 g/mol. The van der Waals surface area contributed by atoms with Crippen molar-refractivity contribution >= 4 is 39.1 Å². The van der Waals surface area contributed by atoms with Crippen LogP contribution in [0.1, 0.15) is 49.9 Å². The van der Waals surface area contributed by atoms with Gasteiger partial charge in [0.05, 0.1) is 4.88 Å². The third-order valence-electron chi connectivity index (χ3n) is 3.56. The fourth-order valence-electron chi connectivity index (χ4n) is 2.45. The standard InChI is InChI=1S/C15H15BrN2O3S/c16-13-7-6-10(21-13)14(19)17-18-15(20)12-8-9-4-2-1-3-5-11(9)22-12/h6-8H,1-5H2,(H,17,19)(H,18,20). The van der Waals surface area contributed by atoms with Crippen molar-refractivity contribution in [1.29, 1.82) is 0 Å². The first-order valence-corrected chi connectivity index (χ1v) is 8.72. The van der Waals surface area contributed by atoms with Crippen molar-refractivity contribution in [2.45, 2.75) is 32.1 Å². The molecule has 2 heterocycles. The van der Waals surface area contributed by atoms with Crippen LogP contribution in [0.4, 0.5) is 0 Å². The zero-order chi connectivity index (χ0) is 15.5. The number of hydrogen-bond donors (Lipinski definition) is 2. The van der Waals surface area contributed by atoms with Gasteiger partial charge in [0.15, 0.2) is 10.4 Å². The number of thiophene rings is 1. The summed E-state index contributed by atoms with van der Waals surface area (Å²) in [6.07, 6.45) is 5.68. The number of fused-ring (bicyclic) bond motifs is 1. The van der Waals surface area contributed by atoms with E-state index in [4.69, 9.17) is 4.42 Å². The van der Waals surface area contributed by atoms with Gasteiger partial charge in [-0.1, -0.05) is 6.42 Å². The van der Waals surface area contributed by atoms with E-state index in [2.05, 4.69) is 26.8 Å². The van der Waals surface area contributed by atoms with Gasteiger partial charge < -0.3 is 4.42 Å². The van der Waals surface area contributed by atoms with E-state index in [0.717, 1.165) is 12.8 Å². The first kappa shape index (κ1) is 15.3. The van der Waals surface area contributed by atoms with Crippen LogP contribution in [0.3, 0.4) is 0 Å². The Morgan fingerprint density at radius 1 is 1.09 bits per heavy atom. The van der Waals surface area contributed by atoms with Crippen molar-refractivity contribution < 1.29 is 14.0 Å². The van der Waals surface area contributed by atoms with Gasteiger partial charge in [0, 0.05) is 4.88 Å². The molecule has 0 aliphatic heterocycles. The van der Waals surface area contributed by atoms with Crippen LogP contribution < -0.4 is 10.9 Å². The molecule has 0 atom stereocenters.